The van der Waals surface area contributed by atoms with Gasteiger partial charge in [0.25, 0.3) is 0 Å². The first-order chi connectivity index (χ1) is 20.4. The number of benzene rings is 5. The number of fused-ring (bicyclic) bond motifs is 1. The van der Waals surface area contributed by atoms with Crippen molar-refractivity contribution in [3.63, 3.8) is 0 Å². The average Bonchev–Trinajstić information content (AvgIpc) is 3.02. The van der Waals surface area contributed by atoms with Crippen molar-refractivity contribution < 1.29 is 43.1 Å². The van der Waals surface area contributed by atoms with Crippen LogP contribution in [0.5, 0.6) is 0 Å². The van der Waals surface area contributed by atoms with Crippen LogP contribution in [0.15, 0.2) is 133 Å². The molecule has 2 atom stereocenters. The van der Waals surface area contributed by atoms with Gasteiger partial charge in [-0.25, -0.2) is 14.6 Å². The molecule has 0 bridgehead atoms. The third kappa shape index (κ3) is 9.99. The van der Waals surface area contributed by atoms with Crippen molar-refractivity contribution in [1.82, 2.24) is 0 Å². The van der Waals surface area contributed by atoms with Gasteiger partial charge in [-0.3, -0.25) is 0 Å². The molecule has 5 N–H and O–H groups in total. The number of aliphatic hydroxyl groups excluding tert-OH is 2. The summed E-state index contributed by atoms with van der Waals surface area (Å²) >= 11 is 0. The molecular formula is C33H31F3O6P+. The molecule has 0 radical (unpaired) electrons. The lowest BCUT2D eigenvalue weighted by molar-refractivity contribution is -0.211. The van der Waals surface area contributed by atoms with Gasteiger partial charge >= 0.3 is 19.9 Å². The van der Waals surface area contributed by atoms with E-state index in [1.165, 1.54) is 0 Å². The molecule has 0 saturated heterocycles. The topological polar surface area (TPSA) is 118 Å². The molecule has 0 amide bonds. The number of aliphatic hydroxyl groups is 2. The smallest absolute Gasteiger partial charge is 0.414 e. The number of alkyl halides is 3. The van der Waals surface area contributed by atoms with Crippen LogP contribution >= 0.6 is 7.72 Å². The molecule has 224 valence electrons. The minimum absolute atomic E-state index is 0.331. The van der Waals surface area contributed by atoms with Crippen LogP contribution in [-0.2, 0) is 0 Å². The van der Waals surface area contributed by atoms with Crippen molar-refractivity contribution in [2.75, 3.05) is 0 Å². The lowest BCUT2D eigenvalue weighted by Gasteiger charge is -2.18. The van der Waals surface area contributed by atoms with Gasteiger partial charge in [-0.1, -0.05) is 91.0 Å². The summed E-state index contributed by atoms with van der Waals surface area (Å²) in [5.74, 6) is -0.879. The fourth-order valence-electron chi connectivity index (χ4n) is 3.90. The summed E-state index contributed by atoms with van der Waals surface area (Å²) in [6, 6.07) is 38.4. The van der Waals surface area contributed by atoms with Gasteiger partial charge in [0.05, 0.1) is 11.7 Å². The van der Waals surface area contributed by atoms with Gasteiger partial charge in [-0.05, 0) is 58.8 Å². The summed E-state index contributed by atoms with van der Waals surface area (Å²) in [5.41, 5.74) is 0.694. The second-order valence-corrected chi connectivity index (χ2v) is 11.6. The molecule has 0 fully saturated rings. The van der Waals surface area contributed by atoms with Crippen molar-refractivity contribution in [3.8, 4) is 0 Å². The molecule has 0 saturated carbocycles. The van der Waals surface area contributed by atoms with Gasteiger partial charge < -0.3 is 15.3 Å². The number of aromatic carboxylic acids is 1. The standard InChI is InChI=1S/C14H13F3O2.C12H12O2P.C7H6O2/c15-14(16,17)13(19)8-12(18)11-6-5-9-3-1-2-4-10(9)7-11;13-15(14,11-7-3-1-4-8-11)12-9-5-2-6-10-12;8-7(9)6-4-2-1-3-5-6/h1-7,12-13,18-19H,8H2;1-10,13-14H;1-5H,(H,8,9)/q;+1;. The highest BCUT2D eigenvalue weighted by molar-refractivity contribution is 7.79. The van der Waals surface area contributed by atoms with Gasteiger partial charge in [0.15, 0.2) is 16.7 Å². The molecule has 5 aromatic rings. The van der Waals surface area contributed by atoms with E-state index in [2.05, 4.69) is 0 Å². The third-order valence-electron chi connectivity index (χ3n) is 6.24. The first-order valence-corrected chi connectivity index (χ1v) is 14.7. The number of halogens is 3. The van der Waals surface area contributed by atoms with Crippen molar-refractivity contribution in [2.45, 2.75) is 24.8 Å². The molecule has 5 rings (SSSR count). The summed E-state index contributed by atoms with van der Waals surface area (Å²) < 4.78 is 36.7. The number of carboxylic acids is 1. The van der Waals surface area contributed by atoms with E-state index in [0.717, 1.165) is 10.8 Å². The van der Waals surface area contributed by atoms with Crippen molar-refractivity contribution in [1.29, 1.82) is 0 Å². The van der Waals surface area contributed by atoms with Crippen molar-refractivity contribution in [3.05, 3.63) is 145 Å². The van der Waals surface area contributed by atoms with E-state index >= 15 is 0 Å². The molecule has 0 aromatic heterocycles. The summed E-state index contributed by atoms with van der Waals surface area (Å²) in [5, 5.41) is 30.0. The molecule has 6 nitrogen and oxygen atoms in total. The lowest BCUT2D eigenvalue weighted by Crippen LogP contribution is -2.30. The predicted molar refractivity (Wildman–Crippen MR) is 162 cm³/mol. The Morgan fingerprint density at radius 2 is 1.09 bits per heavy atom. The molecule has 0 spiro atoms. The van der Waals surface area contributed by atoms with Crippen LogP contribution in [0.4, 0.5) is 13.2 Å². The zero-order valence-corrected chi connectivity index (χ0v) is 23.7. The van der Waals surface area contributed by atoms with Crippen molar-refractivity contribution in [2.24, 2.45) is 0 Å². The third-order valence-corrected chi connectivity index (χ3v) is 8.27. The SMILES string of the molecule is O=C(O)c1ccccc1.OC(CC(O)C(F)(F)F)c1ccc2ccccc2c1.O[P+](O)(c1ccccc1)c1ccccc1. The van der Waals surface area contributed by atoms with E-state index in [0.29, 0.717) is 21.7 Å². The normalized spacial score (nSPS) is 12.6. The maximum absolute atomic E-state index is 12.2. The maximum atomic E-state index is 12.2. The quantitative estimate of drug-likeness (QED) is 0.150. The molecule has 10 heteroatoms. The fraction of sp³-hybridized carbons (Fsp3) is 0.121. The minimum atomic E-state index is -4.71. The summed E-state index contributed by atoms with van der Waals surface area (Å²) in [7, 11) is -3.15. The van der Waals surface area contributed by atoms with E-state index in [-0.39, 0.29) is 0 Å². The van der Waals surface area contributed by atoms with Gasteiger partial charge in [-0.2, -0.15) is 13.2 Å². The molecule has 0 heterocycles. The highest BCUT2D eigenvalue weighted by atomic mass is 31.2. The van der Waals surface area contributed by atoms with Gasteiger partial charge in [0.1, 0.15) is 0 Å². The molecule has 0 aliphatic rings. The first-order valence-electron chi connectivity index (χ1n) is 13.0. The Bertz CT molecular complexity index is 1520. The van der Waals surface area contributed by atoms with E-state index in [9.17, 15) is 32.9 Å². The Hall–Kier alpha value is -4.11. The number of carboxylic acid groups (broad SMARTS) is 1. The molecule has 2 unspecified atom stereocenters. The van der Waals surface area contributed by atoms with E-state index in [1.807, 2.05) is 36.4 Å². The highest BCUT2D eigenvalue weighted by Gasteiger charge is 2.40. The Balaban J connectivity index is 0.000000188. The summed E-state index contributed by atoms with van der Waals surface area (Å²) in [4.78, 5) is 30.4. The number of carbonyl (C=O) groups is 1. The summed E-state index contributed by atoms with van der Waals surface area (Å²) in [6.45, 7) is 0. The van der Waals surface area contributed by atoms with Crippen LogP contribution in [0, 0.1) is 0 Å². The molecule has 0 aliphatic carbocycles. The number of hydrogen-bond donors (Lipinski definition) is 5. The Morgan fingerprint density at radius 1 is 0.651 bits per heavy atom. The van der Waals surface area contributed by atoms with E-state index in [4.69, 9.17) is 10.2 Å². The molecular weight excluding hydrogens is 580 g/mol. The predicted octanol–water partition coefficient (Wildman–Crippen LogP) is 6.04. The van der Waals surface area contributed by atoms with Crippen LogP contribution < -0.4 is 10.6 Å². The second-order valence-electron chi connectivity index (χ2n) is 9.36. The van der Waals surface area contributed by atoms with Crippen LogP contribution in [0.3, 0.4) is 0 Å². The van der Waals surface area contributed by atoms with Crippen LogP contribution in [0.2, 0.25) is 0 Å². The number of hydrogen-bond acceptors (Lipinski definition) is 5. The monoisotopic (exact) mass is 611 g/mol. The first kappa shape index (κ1) is 33.4. The van der Waals surface area contributed by atoms with Crippen molar-refractivity contribution >= 4 is 35.1 Å². The van der Waals surface area contributed by atoms with Crippen LogP contribution in [0.25, 0.3) is 10.8 Å². The van der Waals surface area contributed by atoms with E-state index in [1.54, 1.807) is 97.1 Å². The minimum Gasteiger partial charge on any atom is -0.478 e. The fourth-order valence-corrected chi connectivity index (χ4v) is 5.37. The second kappa shape index (κ2) is 15.4. The largest absolute Gasteiger partial charge is 0.478 e. The summed E-state index contributed by atoms with van der Waals surface area (Å²) in [6.07, 6.45) is -9.34. The highest BCUT2D eigenvalue weighted by Crippen LogP contribution is 2.46. The van der Waals surface area contributed by atoms with Crippen LogP contribution in [0.1, 0.15) is 28.4 Å². The van der Waals surface area contributed by atoms with Crippen LogP contribution in [-0.4, -0.2) is 43.4 Å². The average molecular weight is 612 g/mol. The zero-order valence-electron chi connectivity index (χ0n) is 22.8. The van der Waals surface area contributed by atoms with Gasteiger partial charge in [0.2, 0.25) is 0 Å². The van der Waals surface area contributed by atoms with E-state index < -0.39 is 38.5 Å². The van der Waals surface area contributed by atoms with Gasteiger partial charge in [0, 0.05) is 6.42 Å². The Kier molecular flexibility index (Phi) is 11.9. The maximum Gasteiger partial charge on any atom is 0.414 e. The lowest BCUT2D eigenvalue weighted by atomic mass is 10.00. The molecule has 43 heavy (non-hydrogen) atoms. The molecule has 5 aromatic carbocycles. The Labute approximate surface area is 247 Å². The Morgan fingerprint density at radius 3 is 1.53 bits per heavy atom. The zero-order chi connectivity index (χ0) is 31.5. The molecule has 0 aliphatic heterocycles. The van der Waals surface area contributed by atoms with Gasteiger partial charge in [-0.15, -0.1) is 0 Å². The number of rotatable bonds is 6.